The van der Waals surface area contributed by atoms with E-state index in [0.29, 0.717) is 5.69 Å². The third-order valence-electron chi connectivity index (χ3n) is 4.12. The molecule has 3 rings (SSSR count). The first kappa shape index (κ1) is 19.0. The first-order chi connectivity index (χ1) is 12.8. The summed E-state index contributed by atoms with van der Waals surface area (Å²) in [6, 6.07) is 15.0. The maximum Gasteiger partial charge on any atom is 0.416 e. The van der Waals surface area contributed by atoms with Crippen molar-refractivity contribution in [1.82, 2.24) is 4.57 Å². The average Bonchev–Trinajstić information content (AvgIpc) is 2.95. The van der Waals surface area contributed by atoms with E-state index >= 15 is 0 Å². The Balaban J connectivity index is 1.70. The average molecular weight is 392 g/mol. The van der Waals surface area contributed by atoms with Crippen LogP contribution in [-0.2, 0) is 6.18 Å². The predicted molar refractivity (Wildman–Crippen MR) is 103 cm³/mol. The van der Waals surface area contributed by atoms with Gasteiger partial charge in [-0.05, 0) is 61.9 Å². The van der Waals surface area contributed by atoms with Gasteiger partial charge in [0.05, 0.1) is 22.5 Å². The Labute approximate surface area is 160 Å². The van der Waals surface area contributed by atoms with Gasteiger partial charge in [-0.15, -0.1) is 0 Å². The van der Waals surface area contributed by atoms with Gasteiger partial charge in [0.15, 0.2) is 0 Å². The van der Waals surface area contributed by atoms with E-state index in [9.17, 15) is 13.2 Å². The fourth-order valence-electron chi connectivity index (χ4n) is 2.74. The smallest absolute Gasteiger partial charge is 0.319 e. The highest BCUT2D eigenvalue weighted by Crippen LogP contribution is 2.33. The molecule has 1 aromatic heterocycles. The molecule has 0 unspecified atom stereocenters. The Morgan fingerprint density at radius 3 is 2.15 bits per heavy atom. The molecule has 7 heteroatoms. The van der Waals surface area contributed by atoms with Crippen molar-refractivity contribution in [1.29, 1.82) is 0 Å². The van der Waals surface area contributed by atoms with E-state index < -0.39 is 11.7 Å². The van der Waals surface area contributed by atoms with Gasteiger partial charge in [0, 0.05) is 17.1 Å². The second kappa shape index (κ2) is 7.48. The monoisotopic (exact) mass is 391 g/mol. The highest BCUT2D eigenvalue weighted by atomic mass is 35.5. The van der Waals surface area contributed by atoms with Gasteiger partial charge in [-0.2, -0.15) is 18.3 Å². The van der Waals surface area contributed by atoms with E-state index in [-0.39, 0.29) is 5.02 Å². The van der Waals surface area contributed by atoms with Crippen LogP contribution in [0.4, 0.5) is 18.9 Å². The van der Waals surface area contributed by atoms with Crippen molar-refractivity contribution in [2.24, 2.45) is 5.10 Å². The van der Waals surface area contributed by atoms with E-state index in [4.69, 9.17) is 11.6 Å². The number of alkyl halides is 3. The molecule has 3 aromatic rings. The summed E-state index contributed by atoms with van der Waals surface area (Å²) >= 11 is 5.89. The van der Waals surface area contributed by atoms with Gasteiger partial charge in [-0.1, -0.05) is 23.7 Å². The molecule has 0 fully saturated rings. The first-order valence-corrected chi connectivity index (χ1v) is 8.55. The Morgan fingerprint density at radius 2 is 1.59 bits per heavy atom. The number of nitrogens with zero attached hydrogens (tertiary/aromatic N) is 2. The first-order valence-electron chi connectivity index (χ1n) is 8.17. The van der Waals surface area contributed by atoms with Crippen LogP contribution < -0.4 is 5.43 Å². The molecule has 27 heavy (non-hydrogen) atoms. The lowest BCUT2D eigenvalue weighted by Gasteiger charge is -2.10. The van der Waals surface area contributed by atoms with Gasteiger partial charge in [0.1, 0.15) is 0 Å². The van der Waals surface area contributed by atoms with Crippen LogP contribution in [-0.4, -0.2) is 10.8 Å². The number of hydrogen-bond acceptors (Lipinski definition) is 2. The van der Waals surface area contributed by atoms with Crippen molar-refractivity contribution < 1.29 is 13.2 Å². The Kier molecular flexibility index (Phi) is 5.28. The van der Waals surface area contributed by atoms with Gasteiger partial charge in [-0.3, -0.25) is 5.43 Å². The summed E-state index contributed by atoms with van der Waals surface area (Å²) in [4.78, 5) is 0. The van der Waals surface area contributed by atoms with Crippen LogP contribution >= 0.6 is 11.6 Å². The summed E-state index contributed by atoms with van der Waals surface area (Å²) in [6.45, 7) is 4.08. The van der Waals surface area contributed by atoms with E-state index in [1.807, 2.05) is 38.1 Å². The highest BCUT2D eigenvalue weighted by Gasteiger charge is 2.30. The fourth-order valence-corrected chi connectivity index (χ4v) is 2.97. The van der Waals surface area contributed by atoms with Crippen molar-refractivity contribution in [3.8, 4) is 5.69 Å². The second-order valence-electron chi connectivity index (χ2n) is 6.11. The van der Waals surface area contributed by atoms with Crippen LogP contribution in [0.2, 0.25) is 5.02 Å². The van der Waals surface area contributed by atoms with Crippen molar-refractivity contribution >= 4 is 23.5 Å². The largest absolute Gasteiger partial charge is 0.416 e. The van der Waals surface area contributed by atoms with Crippen LogP contribution in [0, 0.1) is 13.8 Å². The molecule has 140 valence electrons. The Bertz CT molecular complexity index is 954. The lowest BCUT2D eigenvalue weighted by atomic mass is 10.2. The number of benzene rings is 2. The van der Waals surface area contributed by atoms with Crippen molar-refractivity contribution in [2.45, 2.75) is 20.0 Å². The zero-order valence-corrected chi connectivity index (χ0v) is 15.4. The molecular weight excluding hydrogens is 375 g/mol. The van der Waals surface area contributed by atoms with Crippen molar-refractivity contribution in [3.63, 3.8) is 0 Å². The molecule has 0 saturated heterocycles. The number of hydrogen-bond donors (Lipinski definition) is 1. The summed E-state index contributed by atoms with van der Waals surface area (Å²) < 4.78 is 40.1. The summed E-state index contributed by atoms with van der Waals surface area (Å²) in [5.41, 5.74) is 6.35. The van der Waals surface area contributed by atoms with Crippen LogP contribution in [0.1, 0.15) is 22.5 Å². The molecule has 3 nitrogen and oxygen atoms in total. The standard InChI is InChI=1S/C20H17ClF3N3/c1-13-3-4-14(2)27(13)17-8-5-15(6-9-17)12-25-26-19-10-7-16(11-18(19)21)20(22,23)24/h3-12,26H,1-2H3. The van der Waals surface area contributed by atoms with Crippen LogP contribution in [0.25, 0.3) is 5.69 Å². The summed E-state index contributed by atoms with van der Waals surface area (Å²) in [6.07, 6.45) is -2.85. The molecule has 0 aliphatic rings. The number of anilines is 1. The van der Waals surface area contributed by atoms with Crippen LogP contribution in [0.5, 0.6) is 0 Å². The molecule has 0 aliphatic carbocycles. The predicted octanol–water partition coefficient (Wildman–Crippen LogP) is 6.21. The highest BCUT2D eigenvalue weighted by molar-refractivity contribution is 6.33. The van der Waals surface area contributed by atoms with Gasteiger partial charge in [-0.25, -0.2) is 0 Å². The van der Waals surface area contributed by atoms with Crippen molar-refractivity contribution in [3.05, 3.63) is 82.1 Å². The number of hydrazone groups is 1. The number of aromatic nitrogens is 1. The van der Waals surface area contributed by atoms with E-state index in [0.717, 1.165) is 34.8 Å². The molecule has 2 aromatic carbocycles. The zero-order chi connectivity index (χ0) is 19.6. The maximum absolute atomic E-state index is 12.6. The lowest BCUT2D eigenvalue weighted by Crippen LogP contribution is -2.05. The fraction of sp³-hybridized carbons (Fsp3) is 0.150. The zero-order valence-electron chi connectivity index (χ0n) is 14.7. The minimum Gasteiger partial charge on any atom is -0.319 e. The summed E-state index contributed by atoms with van der Waals surface area (Å²) in [5.74, 6) is 0. The molecule has 0 amide bonds. The Morgan fingerprint density at radius 1 is 0.963 bits per heavy atom. The third kappa shape index (κ3) is 4.34. The molecule has 0 aliphatic heterocycles. The summed E-state index contributed by atoms with van der Waals surface area (Å²) in [7, 11) is 0. The number of nitrogens with one attached hydrogen (secondary N) is 1. The van der Waals surface area contributed by atoms with Gasteiger partial charge in [0.25, 0.3) is 0 Å². The van der Waals surface area contributed by atoms with E-state index in [1.165, 1.54) is 6.07 Å². The van der Waals surface area contributed by atoms with Gasteiger partial charge in [0.2, 0.25) is 0 Å². The number of aryl methyl sites for hydroxylation is 2. The minimum absolute atomic E-state index is 0.0455. The SMILES string of the molecule is Cc1ccc(C)n1-c1ccc(C=NNc2ccc(C(F)(F)F)cc2Cl)cc1. The molecule has 0 radical (unpaired) electrons. The van der Waals surface area contributed by atoms with E-state index in [2.05, 4.69) is 27.2 Å². The van der Waals surface area contributed by atoms with Gasteiger partial charge >= 0.3 is 6.18 Å². The minimum atomic E-state index is -4.43. The van der Waals surface area contributed by atoms with Gasteiger partial charge < -0.3 is 4.57 Å². The maximum atomic E-state index is 12.6. The second-order valence-corrected chi connectivity index (χ2v) is 6.51. The number of rotatable bonds is 4. The molecule has 1 N–H and O–H groups in total. The molecule has 0 atom stereocenters. The van der Waals surface area contributed by atoms with E-state index in [1.54, 1.807) is 6.21 Å². The summed E-state index contributed by atoms with van der Waals surface area (Å²) in [5, 5.41) is 4.00. The molecule has 1 heterocycles. The molecule has 0 spiro atoms. The molecular formula is C20H17ClF3N3. The topological polar surface area (TPSA) is 29.3 Å². The number of halogens is 4. The van der Waals surface area contributed by atoms with Crippen LogP contribution in [0.3, 0.4) is 0 Å². The van der Waals surface area contributed by atoms with Crippen LogP contribution in [0.15, 0.2) is 59.7 Å². The lowest BCUT2D eigenvalue weighted by molar-refractivity contribution is -0.137. The third-order valence-corrected chi connectivity index (χ3v) is 4.43. The van der Waals surface area contributed by atoms with Crippen molar-refractivity contribution in [2.75, 3.05) is 5.43 Å². The molecule has 0 bridgehead atoms. The Hall–Kier alpha value is -2.73. The molecule has 0 saturated carbocycles. The normalized spacial score (nSPS) is 11.9. The quantitative estimate of drug-likeness (QED) is 0.415.